The molecule has 7 atom stereocenters. The average Bonchev–Trinajstić information content (AvgIpc) is 3.09. The van der Waals surface area contributed by atoms with Crippen LogP contribution < -0.4 is 0 Å². The summed E-state index contributed by atoms with van der Waals surface area (Å²) >= 11 is 0. The van der Waals surface area contributed by atoms with Crippen molar-refractivity contribution in [2.24, 2.45) is 39.4 Å². The Kier molecular flexibility index (Phi) is 6.60. The van der Waals surface area contributed by atoms with Gasteiger partial charge in [0.25, 0.3) is 0 Å². The van der Waals surface area contributed by atoms with Crippen LogP contribution in [0.3, 0.4) is 0 Å². The highest BCUT2D eigenvalue weighted by Crippen LogP contribution is 2.72. The second-order valence-electron chi connectivity index (χ2n) is 14.3. The highest BCUT2D eigenvalue weighted by Gasteiger charge is 2.63. The summed E-state index contributed by atoms with van der Waals surface area (Å²) < 4.78 is 5.53. The minimum Gasteiger partial charge on any atom is -0.393 e. The van der Waals surface area contributed by atoms with Crippen LogP contribution in [-0.2, 0) is 4.74 Å². The summed E-state index contributed by atoms with van der Waals surface area (Å²) in [6, 6.07) is 0. The molecule has 0 bridgehead atoms. The fraction of sp³-hybridized carbons (Fsp3) is 0.935. The maximum Gasteiger partial charge on any atom is 0.0594 e. The van der Waals surface area contributed by atoms with Crippen LogP contribution in [0.1, 0.15) is 106 Å². The van der Waals surface area contributed by atoms with Crippen molar-refractivity contribution in [3.8, 4) is 0 Å². The van der Waals surface area contributed by atoms with Crippen molar-refractivity contribution in [1.82, 2.24) is 4.90 Å². The topological polar surface area (TPSA) is 32.7 Å². The smallest absolute Gasteiger partial charge is 0.0594 e. The van der Waals surface area contributed by atoms with Gasteiger partial charge in [-0.25, -0.2) is 0 Å². The molecule has 0 spiro atoms. The highest BCUT2D eigenvalue weighted by atomic mass is 16.5. The second-order valence-corrected chi connectivity index (χ2v) is 14.3. The molecule has 194 valence electrons. The Morgan fingerprint density at radius 3 is 2.41 bits per heavy atom. The van der Waals surface area contributed by atoms with Crippen molar-refractivity contribution in [2.75, 3.05) is 32.8 Å². The predicted octanol–water partition coefficient (Wildman–Crippen LogP) is 6.85. The zero-order valence-electron chi connectivity index (χ0n) is 23.2. The average molecular weight is 472 g/mol. The first-order valence-corrected chi connectivity index (χ1v) is 14.8. The molecule has 5 aliphatic rings. The van der Waals surface area contributed by atoms with E-state index in [2.05, 4.69) is 46.4 Å². The summed E-state index contributed by atoms with van der Waals surface area (Å²) in [4.78, 5) is 2.61. The quantitative estimate of drug-likeness (QED) is 0.445. The Morgan fingerprint density at radius 1 is 0.941 bits per heavy atom. The minimum absolute atomic E-state index is 0.0421. The summed E-state index contributed by atoms with van der Waals surface area (Å²) in [5.41, 5.74) is 4.93. The van der Waals surface area contributed by atoms with Crippen molar-refractivity contribution in [2.45, 2.75) is 112 Å². The first kappa shape index (κ1) is 25.3. The zero-order chi connectivity index (χ0) is 24.4. The molecule has 0 radical (unpaired) electrons. The molecule has 0 unspecified atom stereocenters. The van der Waals surface area contributed by atoms with Gasteiger partial charge in [0.2, 0.25) is 0 Å². The van der Waals surface area contributed by atoms with Crippen molar-refractivity contribution in [1.29, 1.82) is 0 Å². The molecule has 4 aliphatic carbocycles. The summed E-state index contributed by atoms with van der Waals surface area (Å²) in [5.74, 6) is 2.32. The Morgan fingerprint density at radius 2 is 1.68 bits per heavy atom. The van der Waals surface area contributed by atoms with E-state index in [1.54, 1.807) is 0 Å². The molecule has 1 heterocycles. The van der Waals surface area contributed by atoms with Gasteiger partial charge in [0, 0.05) is 13.1 Å². The molecule has 3 heteroatoms. The summed E-state index contributed by atoms with van der Waals surface area (Å²) in [5, 5.41) is 10.9. The lowest BCUT2D eigenvalue weighted by atomic mass is 9.43. The van der Waals surface area contributed by atoms with E-state index in [0.717, 1.165) is 44.6 Å². The summed E-state index contributed by atoms with van der Waals surface area (Å²) in [6.07, 6.45) is 12.8. The molecule has 3 fully saturated rings. The lowest BCUT2D eigenvalue weighted by molar-refractivity contribution is -0.0962. The Balaban J connectivity index is 1.33. The van der Waals surface area contributed by atoms with Gasteiger partial charge >= 0.3 is 0 Å². The van der Waals surface area contributed by atoms with Gasteiger partial charge in [-0.05, 0) is 110 Å². The van der Waals surface area contributed by atoms with E-state index in [9.17, 15) is 5.11 Å². The van der Waals surface area contributed by atoms with Crippen LogP contribution in [0, 0.1) is 39.4 Å². The third kappa shape index (κ3) is 3.69. The lowest BCUT2D eigenvalue weighted by Gasteiger charge is -2.62. The zero-order valence-corrected chi connectivity index (χ0v) is 23.2. The van der Waals surface area contributed by atoms with E-state index >= 15 is 0 Å². The molecular weight excluding hydrogens is 418 g/mol. The van der Waals surface area contributed by atoms with Crippen LogP contribution in [-0.4, -0.2) is 49.0 Å². The van der Waals surface area contributed by atoms with Gasteiger partial charge in [0.05, 0.1) is 19.3 Å². The molecule has 0 amide bonds. The number of hydrogen-bond acceptors (Lipinski definition) is 3. The Bertz CT molecular complexity index is 797. The van der Waals surface area contributed by atoms with Gasteiger partial charge < -0.3 is 9.84 Å². The molecule has 1 saturated heterocycles. The number of hydrogen-bond donors (Lipinski definition) is 1. The van der Waals surface area contributed by atoms with Crippen molar-refractivity contribution >= 4 is 0 Å². The van der Waals surface area contributed by atoms with Gasteiger partial charge in [-0.15, -0.1) is 0 Å². The highest BCUT2D eigenvalue weighted by molar-refractivity contribution is 5.38. The van der Waals surface area contributed by atoms with Crippen molar-refractivity contribution < 1.29 is 9.84 Å². The number of aliphatic hydroxyl groups excluding tert-OH is 1. The lowest BCUT2D eigenvalue weighted by Crippen LogP contribution is -2.55. The third-order valence-electron chi connectivity index (χ3n) is 12.7. The Labute approximate surface area is 210 Å². The van der Waals surface area contributed by atoms with E-state index in [1.165, 1.54) is 64.3 Å². The molecule has 0 aromatic carbocycles. The van der Waals surface area contributed by atoms with Crippen LogP contribution in [0.2, 0.25) is 0 Å². The molecule has 0 aromatic heterocycles. The van der Waals surface area contributed by atoms with Gasteiger partial charge in [-0.2, -0.15) is 0 Å². The Hall–Kier alpha value is -0.380. The van der Waals surface area contributed by atoms with Crippen LogP contribution in [0.4, 0.5) is 0 Å². The largest absolute Gasteiger partial charge is 0.393 e. The van der Waals surface area contributed by atoms with Crippen LogP contribution in [0.5, 0.6) is 0 Å². The van der Waals surface area contributed by atoms with Gasteiger partial charge in [0.15, 0.2) is 0 Å². The van der Waals surface area contributed by atoms with E-state index in [4.69, 9.17) is 4.74 Å². The molecule has 34 heavy (non-hydrogen) atoms. The third-order valence-corrected chi connectivity index (χ3v) is 12.7. The van der Waals surface area contributed by atoms with Crippen LogP contribution >= 0.6 is 0 Å². The normalized spacial score (nSPS) is 45.4. The van der Waals surface area contributed by atoms with E-state index < -0.39 is 0 Å². The van der Waals surface area contributed by atoms with Gasteiger partial charge in [-0.1, -0.05) is 52.7 Å². The number of aliphatic hydroxyl groups is 1. The minimum atomic E-state index is -0.133. The van der Waals surface area contributed by atoms with Gasteiger partial charge in [0.1, 0.15) is 0 Å². The SMILES string of the molecule is C[C@H](CCCN1CCOCC1)[C@H]1CC[C@@]2(C)C3=C(CC[C@]12C)[C@@]1(C)CC[C@H](O)C(C)(C)[C@@H]1CC3. The number of fused-ring (bicyclic) bond motifs is 4. The fourth-order valence-electron chi connectivity index (χ4n) is 10.3. The number of nitrogens with zero attached hydrogens (tertiary/aromatic N) is 1. The van der Waals surface area contributed by atoms with E-state index in [0.29, 0.717) is 22.2 Å². The monoisotopic (exact) mass is 471 g/mol. The maximum absolute atomic E-state index is 10.9. The fourth-order valence-corrected chi connectivity index (χ4v) is 10.3. The molecule has 1 N–H and O–H groups in total. The van der Waals surface area contributed by atoms with E-state index in [-0.39, 0.29) is 11.5 Å². The number of rotatable bonds is 5. The van der Waals surface area contributed by atoms with Crippen molar-refractivity contribution in [3.63, 3.8) is 0 Å². The maximum atomic E-state index is 10.9. The molecule has 3 nitrogen and oxygen atoms in total. The summed E-state index contributed by atoms with van der Waals surface area (Å²) in [6.45, 7) is 20.6. The molecule has 5 rings (SSSR count). The molecule has 1 aliphatic heterocycles. The standard InChI is InChI=1S/C31H53NO2/c1-22(8-7-17-32-18-20-34-21-19-32)23-11-15-31(6)25-9-10-26-28(2,3)27(33)13-14-29(26,4)24(25)12-16-30(23,31)5/h22-23,26-27,33H,7-21H2,1-6H3/t22-,23-,26+,27+,29-,30-,31+/m1/s1. The van der Waals surface area contributed by atoms with Crippen molar-refractivity contribution in [3.05, 3.63) is 11.1 Å². The molecular formula is C31H53NO2. The van der Waals surface area contributed by atoms with Crippen LogP contribution in [0.15, 0.2) is 11.1 Å². The second kappa shape index (κ2) is 8.88. The molecule has 2 saturated carbocycles. The van der Waals surface area contributed by atoms with Gasteiger partial charge in [-0.3, -0.25) is 4.90 Å². The molecule has 0 aromatic rings. The number of morpholine rings is 1. The predicted molar refractivity (Wildman–Crippen MR) is 141 cm³/mol. The number of allylic oxidation sites excluding steroid dienone is 2. The summed E-state index contributed by atoms with van der Waals surface area (Å²) in [7, 11) is 0. The first-order valence-electron chi connectivity index (χ1n) is 14.8. The number of ether oxygens (including phenoxy) is 1. The van der Waals surface area contributed by atoms with Crippen LogP contribution in [0.25, 0.3) is 0 Å². The van der Waals surface area contributed by atoms with E-state index in [1.807, 2.05) is 11.1 Å². The first-order chi connectivity index (χ1) is 16.0.